The molecule has 11 heteroatoms. The molecule has 0 atom stereocenters. The number of carbonyl (C=O) groups is 1. The van der Waals surface area contributed by atoms with E-state index in [0.29, 0.717) is 18.8 Å². The summed E-state index contributed by atoms with van der Waals surface area (Å²) in [5, 5.41) is 2.57. The number of sulfonamides is 2. The molecule has 0 bridgehead atoms. The third-order valence-electron chi connectivity index (χ3n) is 4.47. The number of benzene rings is 2. The summed E-state index contributed by atoms with van der Waals surface area (Å²) in [6.07, 6.45) is 0.988. The molecule has 0 heterocycles. The van der Waals surface area contributed by atoms with Crippen LogP contribution in [0, 0.1) is 0 Å². The number of nitrogens with one attached hydrogen (secondary N) is 1. The number of hydrogen-bond donors (Lipinski definition) is 1. The second-order valence-corrected chi connectivity index (χ2v) is 10.8. The molecular formula is C20H27N3O6S2. The van der Waals surface area contributed by atoms with Crippen LogP contribution >= 0.6 is 0 Å². The Morgan fingerprint density at radius 1 is 1.00 bits per heavy atom. The first-order valence-corrected chi connectivity index (χ1v) is 12.9. The fourth-order valence-electron chi connectivity index (χ4n) is 2.69. The molecule has 0 radical (unpaired) electrons. The lowest BCUT2D eigenvalue weighted by Gasteiger charge is -2.20. The Labute approximate surface area is 183 Å². The number of rotatable bonds is 10. The van der Waals surface area contributed by atoms with Crippen molar-refractivity contribution in [1.29, 1.82) is 0 Å². The van der Waals surface area contributed by atoms with Crippen LogP contribution in [0.2, 0.25) is 0 Å². The first kappa shape index (κ1) is 24.8. The SMILES string of the molecule is CCN(CC)S(=O)(=O)c1ccc(Oc2ccccc2)c(NC(=O)CN(C)S(C)(=O)=O)c1. The van der Waals surface area contributed by atoms with Crippen molar-refractivity contribution >= 4 is 31.6 Å². The second-order valence-electron chi connectivity index (χ2n) is 6.73. The van der Waals surface area contributed by atoms with Gasteiger partial charge in [-0.1, -0.05) is 32.0 Å². The Hall–Kier alpha value is -2.47. The van der Waals surface area contributed by atoms with Crippen LogP contribution in [0.25, 0.3) is 0 Å². The molecule has 31 heavy (non-hydrogen) atoms. The minimum atomic E-state index is -3.78. The van der Waals surface area contributed by atoms with Gasteiger partial charge in [-0.2, -0.15) is 8.61 Å². The van der Waals surface area contributed by atoms with Crippen molar-refractivity contribution in [3.05, 3.63) is 48.5 Å². The Bertz CT molecular complexity index is 1110. The zero-order chi connectivity index (χ0) is 23.2. The molecule has 9 nitrogen and oxygen atoms in total. The molecule has 0 saturated carbocycles. The first-order chi connectivity index (χ1) is 14.5. The number of para-hydroxylation sites is 1. The molecule has 170 valence electrons. The fraction of sp³-hybridized carbons (Fsp3) is 0.350. The van der Waals surface area contributed by atoms with Crippen molar-refractivity contribution in [3.8, 4) is 11.5 Å². The Balaban J connectivity index is 2.43. The van der Waals surface area contributed by atoms with Gasteiger partial charge in [-0.15, -0.1) is 0 Å². The minimum absolute atomic E-state index is 0.0108. The molecule has 2 rings (SSSR count). The van der Waals surface area contributed by atoms with E-state index in [1.54, 1.807) is 38.1 Å². The predicted molar refractivity (Wildman–Crippen MR) is 119 cm³/mol. The van der Waals surface area contributed by atoms with Crippen molar-refractivity contribution < 1.29 is 26.4 Å². The third-order valence-corrected chi connectivity index (χ3v) is 7.78. The molecule has 0 fully saturated rings. The molecule has 0 spiro atoms. The minimum Gasteiger partial charge on any atom is -0.455 e. The topological polar surface area (TPSA) is 113 Å². The summed E-state index contributed by atoms with van der Waals surface area (Å²) < 4.78 is 57.0. The summed E-state index contributed by atoms with van der Waals surface area (Å²) >= 11 is 0. The Morgan fingerprint density at radius 2 is 1.61 bits per heavy atom. The smallest absolute Gasteiger partial charge is 0.243 e. The van der Waals surface area contributed by atoms with Gasteiger partial charge in [0.05, 0.1) is 23.4 Å². The maximum absolute atomic E-state index is 12.9. The molecule has 0 aliphatic carbocycles. The third kappa shape index (κ3) is 6.50. The van der Waals surface area contributed by atoms with E-state index in [1.165, 1.54) is 29.6 Å². The summed E-state index contributed by atoms with van der Waals surface area (Å²) in [6, 6.07) is 13.0. The van der Waals surface area contributed by atoms with Gasteiger partial charge in [0, 0.05) is 20.1 Å². The zero-order valence-electron chi connectivity index (χ0n) is 17.9. The van der Waals surface area contributed by atoms with Crippen LogP contribution in [-0.2, 0) is 24.8 Å². The number of amides is 1. The average Bonchev–Trinajstić information content (AvgIpc) is 2.70. The molecule has 2 aromatic rings. The van der Waals surface area contributed by atoms with Crippen molar-refractivity contribution in [1.82, 2.24) is 8.61 Å². The quantitative estimate of drug-likeness (QED) is 0.571. The van der Waals surface area contributed by atoms with Gasteiger partial charge in [0.2, 0.25) is 26.0 Å². The molecule has 0 saturated heterocycles. The lowest BCUT2D eigenvalue weighted by atomic mass is 10.2. The van der Waals surface area contributed by atoms with Crippen LogP contribution in [0.15, 0.2) is 53.4 Å². The zero-order valence-corrected chi connectivity index (χ0v) is 19.5. The number of likely N-dealkylation sites (N-methyl/N-ethyl adjacent to an activating group) is 1. The Morgan fingerprint density at radius 3 is 2.16 bits per heavy atom. The molecule has 0 aliphatic rings. The van der Waals surface area contributed by atoms with Crippen LogP contribution in [0.5, 0.6) is 11.5 Å². The number of carbonyl (C=O) groups excluding carboxylic acids is 1. The van der Waals surface area contributed by atoms with Crippen molar-refractivity contribution in [2.24, 2.45) is 0 Å². The van der Waals surface area contributed by atoms with E-state index in [1.807, 2.05) is 6.07 Å². The lowest BCUT2D eigenvalue weighted by molar-refractivity contribution is -0.116. The van der Waals surface area contributed by atoms with E-state index >= 15 is 0 Å². The number of hydrogen-bond acceptors (Lipinski definition) is 6. The number of ether oxygens (including phenoxy) is 1. The molecule has 2 aromatic carbocycles. The van der Waals surface area contributed by atoms with Crippen LogP contribution in [0.1, 0.15) is 13.8 Å². The summed E-state index contributed by atoms with van der Waals surface area (Å²) in [7, 11) is -6.06. The molecule has 1 N–H and O–H groups in total. The van der Waals surface area contributed by atoms with E-state index in [-0.39, 0.29) is 16.3 Å². The normalized spacial score (nSPS) is 12.2. The van der Waals surface area contributed by atoms with Crippen molar-refractivity contribution in [2.75, 3.05) is 38.3 Å². The summed E-state index contributed by atoms with van der Waals surface area (Å²) in [5.74, 6) is 0.0777. The van der Waals surface area contributed by atoms with Crippen molar-refractivity contribution in [2.45, 2.75) is 18.7 Å². The van der Waals surface area contributed by atoms with E-state index in [2.05, 4.69) is 5.32 Å². The van der Waals surface area contributed by atoms with Gasteiger partial charge >= 0.3 is 0 Å². The van der Waals surface area contributed by atoms with E-state index in [4.69, 9.17) is 4.74 Å². The molecular weight excluding hydrogens is 442 g/mol. The number of nitrogens with zero attached hydrogens (tertiary/aromatic N) is 2. The van der Waals surface area contributed by atoms with E-state index in [9.17, 15) is 21.6 Å². The van der Waals surface area contributed by atoms with Crippen LogP contribution < -0.4 is 10.1 Å². The monoisotopic (exact) mass is 469 g/mol. The second kappa shape index (κ2) is 10.2. The van der Waals surface area contributed by atoms with Gasteiger partial charge in [0.15, 0.2) is 5.75 Å². The largest absolute Gasteiger partial charge is 0.455 e. The molecule has 0 aromatic heterocycles. The van der Waals surface area contributed by atoms with Crippen LogP contribution in [-0.4, -0.2) is 64.3 Å². The van der Waals surface area contributed by atoms with Crippen LogP contribution in [0.4, 0.5) is 5.69 Å². The highest BCUT2D eigenvalue weighted by Gasteiger charge is 2.24. The summed E-state index contributed by atoms with van der Waals surface area (Å²) in [6.45, 7) is 3.62. The van der Waals surface area contributed by atoms with Gasteiger partial charge < -0.3 is 10.1 Å². The first-order valence-electron chi connectivity index (χ1n) is 9.57. The van der Waals surface area contributed by atoms with E-state index in [0.717, 1.165) is 10.6 Å². The predicted octanol–water partition coefficient (Wildman–Crippen LogP) is 2.34. The summed E-state index contributed by atoms with van der Waals surface area (Å²) in [5.41, 5.74) is 0.115. The molecule has 0 unspecified atom stereocenters. The highest BCUT2D eigenvalue weighted by molar-refractivity contribution is 7.89. The lowest BCUT2D eigenvalue weighted by Crippen LogP contribution is -2.34. The number of anilines is 1. The van der Waals surface area contributed by atoms with Gasteiger partial charge in [0.25, 0.3) is 0 Å². The van der Waals surface area contributed by atoms with Gasteiger partial charge in [-0.3, -0.25) is 4.79 Å². The standard InChI is InChI=1S/C20H27N3O6S2/c1-5-23(6-2)31(27,28)17-12-13-19(29-16-10-8-7-9-11-16)18(14-17)21-20(24)15-22(3)30(4,25)26/h7-14H,5-6,15H2,1-4H3,(H,21,24). The van der Waals surface area contributed by atoms with Gasteiger partial charge in [0.1, 0.15) is 5.75 Å². The maximum atomic E-state index is 12.9. The van der Waals surface area contributed by atoms with Gasteiger partial charge in [-0.05, 0) is 30.3 Å². The van der Waals surface area contributed by atoms with Crippen molar-refractivity contribution in [3.63, 3.8) is 0 Å². The summed E-state index contributed by atoms with van der Waals surface area (Å²) in [4.78, 5) is 12.4. The highest BCUT2D eigenvalue weighted by Crippen LogP contribution is 2.32. The van der Waals surface area contributed by atoms with Gasteiger partial charge in [-0.25, -0.2) is 16.8 Å². The van der Waals surface area contributed by atoms with Crippen LogP contribution in [0.3, 0.4) is 0 Å². The van der Waals surface area contributed by atoms with E-state index < -0.39 is 32.5 Å². The molecule has 0 aliphatic heterocycles. The molecule has 1 amide bonds. The average molecular weight is 470 g/mol. The maximum Gasteiger partial charge on any atom is 0.243 e. The fourth-order valence-corrected chi connectivity index (χ4v) is 4.53. The Kier molecular flexibility index (Phi) is 8.18. The highest BCUT2D eigenvalue weighted by atomic mass is 32.2.